The van der Waals surface area contributed by atoms with Crippen LogP contribution in [0.1, 0.15) is 42.9 Å². The number of benzene rings is 2. The van der Waals surface area contributed by atoms with Crippen molar-refractivity contribution in [2.45, 2.75) is 57.8 Å². The molecule has 0 saturated carbocycles. The number of aliphatic hydroxyl groups is 1. The normalized spacial score (nSPS) is 16.6. The third kappa shape index (κ3) is 8.42. The molecule has 3 atom stereocenters. The van der Waals surface area contributed by atoms with E-state index in [-0.39, 0.29) is 31.0 Å². The van der Waals surface area contributed by atoms with Crippen LogP contribution in [0.2, 0.25) is 0 Å². The fraction of sp³-hybridized carbons (Fsp3) is 0.387. The van der Waals surface area contributed by atoms with Gasteiger partial charge in [-0.25, -0.2) is 9.69 Å². The third-order valence-corrected chi connectivity index (χ3v) is 6.59. The molecule has 1 fully saturated rings. The summed E-state index contributed by atoms with van der Waals surface area (Å²) in [4.78, 5) is 66.0. The van der Waals surface area contributed by atoms with E-state index in [0.717, 1.165) is 36.1 Å². The van der Waals surface area contributed by atoms with Crippen molar-refractivity contribution < 1.29 is 43.3 Å². The molecular weight excluding hydrogens is 530 g/mol. The molecular formula is C31H35NO9. The molecule has 3 unspecified atom stereocenters. The molecule has 1 saturated heterocycles. The van der Waals surface area contributed by atoms with Crippen LogP contribution in [0.15, 0.2) is 60.7 Å². The van der Waals surface area contributed by atoms with E-state index < -0.39 is 42.0 Å². The molecule has 0 spiro atoms. The molecule has 0 bridgehead atoms. The second-order valence-corrected chi connectivity index (χ2v) is 9.75. The number of ketones is 2. The van der Waals surface area contributed by atoms with E-state index in [1.165, 1.54) is 0 Å². The fourth-order valence-electron chi connectivity index (χ4n) is 4.60. The lowest BCUT2D eigenvalue weighted by Crippen LogP contribution is -2.53. The van der Waals surface area contributed by atoms with Gasteiger partial charge in [0.1, 0.15) is 6.61 Å². The second kappa shape index (κ2) is 15.0. The van der Waals surface area contributed by atoms with Crippen LogP contribution in [0.4, 0.5) is 4.79 Å². The Morgan fingerprint density at radius 2 is 1.80 bits per heavy atom. The molecule has 1 heterocycles. The Morgan fingerprint density at radius 3 is 2.44 bits per heavy atom. The standard InChI is InChI=1S/C31H35NO9/c1-20-10-9-13-23(16-20)25(26(35)14-7-8-15-33)18-27(36)28(41-21(2)34)29(39-3)30(37)32-24(19-40-31(32)38)17-22-11-5-4-6-12-22/h4-6,9-13,16,18,24,28-29,33H,7-8,14-15,17,19H2,1-3H3. The SMILES string of the molecule is COC(C(=O)N1C(=O)OCC1Cc1ccccc1)C(OC(C)=O)C(=O)C=C(C(=O)CCCCO)c1cccc(C)c1. The molecule has 0 radical (unpaired) electrons. The second-order valence-electron chi connectivity index (χ2n) is 9.75. The molecule has 1 aliphatic rings. The quantitative estimate of drug-likeness (QED) is 0.208. The average molecular weight is 566 g/mol. The first-order chi connectivity index (χ1) is 19.7. The highest BCUT2D eigenvalue weighted by atomic mass is 16.6. The van der Waals surface area contributed by atoms with Crippen molar-refractivity contribution >= 4 is 35.1 Å². The van der Waals surface area contributed by atoms with Gasteiger partial charge in [-0.05, 0) is 43.4 Å². The summed E-state index contributed by atoms with van der Waals surface area (Å²) in [7, 11) is 1.16. The van der Waals surface area contributed by atoms with Crippen LogP contribution in [-0.4, -0.2) is 78.1 Å². The van der Waals surface area contributed by atoms with Crippen molar-refractivity contribution in [3.8, 4) is 0 Å². The van der Waals surface area contributed by atoms with E-state index in [0.29, 0.717) is 24.8 Å². The number of allylic oxidation sites excluding steroid dienone is 1. The van der Waals surface area contributed by atoms with Crippen LogP contribution in [0.3, 0.4) is 0 Å². The smallest absolute Gasteiger partial charge is 0.417 e. The highest BCUT2D eigenvalue weighted by molar-refractivity contribution is 6.25. The van der Waals surface area contributed by atoms with E-state index in [1.54, 1.807) is 18.2 Å². The number of rotatable bonds is 14. The van der Waals surface area contributed by atoms with E-state index in [4.69, 9.17) is 19.3 Å². The molecule has 10 heteroatoms. The number of hydrogen-bond donors (Lipinski definition) is 1. The summed E-state index contributed by atoms with van der Waals surface area (Å²) in [5.41, 5.74) is 2.25. The number of cyclic esters (lactones) is 1. The number of unbranched alkanes of at least 4 members (excludes halogenated alkanes) is 1. The number of aryl methyl sites for hydroxylation is 1. The van der Waals surface area contributed by atoms with Gasteiger partial charge in [0.05, 0.1) is 6.04 Å². The van der Waals surface area contributed by atoms with Crippen LogP contribution in [0.25, 0.3) is 5.57 Å². The van der Waals surface area contributed by atoms with E-state index >= 15 is 0 Å². The Balaban J connectivity index is 1.96. The number of hydrogen-bond acceptors (Lipinski definition) is 9. The molecule has 0 aromatic heterocycles. The number of ether oxygens (including phenoxy) is 3. The monoisotopic (exact) mass is 565 g/mol. The van der Waals surface area contributed by atoms with Gasteiger partial charge in [0.15, 0.2) is 23.8 Å². The number of esters is 1. The lowest BCUT2D eigenvalue weighted by molar-refractivity contribution is -0.166. The number of aliphatic hydroxyl groups excluding tert-OH is 1. The van der Waals surface area contributed by atoms with Gasteiger partial charge in [0.2, 0.25) is 0 Å². The number of carbonyl (C=O) groups is 5. The number of nitrogens with zero attached hydrogens (tertiary/aromatic N) is 1. The van der Waals surface area contributed by atoms with Crippen molar-refractivity contribution in [3.05, 3.63) is 77.4 Å². The first kappa shape index (κ1) is 31.4. The summed E-state index contributed by atoms with van der Waals surface area (Å²) in [5.74, 6) is -2.98. The predicted molar refractivity (Wildman–Crippen MR) is 149 cm³/mol. The highest BCUT2D eigenvalue weighted by Gasteiger charge is 2.46. The number of Topliss-reactive ketones (excluding diaryl/α,β-unsaturated/α-hetero) is 1. The first-order valence-corrected chi connectivity index (χ1v) is 13.4. The Hall–Kier alpha value is -4.15. The van der Waals surface area contributed by atoms with Crippen molar-refractivity contribution in [1.82, 2.24) is 4.90 Å². The zero-order chi connectivity index (χ0) is 29.9. The summed E-state index contributed by atoms with van der Waals surface area (Å²) >= 11 is 0. The minimum absolute atomic E-state index is 0.0537. The predicted octanol–water partition coefficient (Wildman–Crippen LogP) is 3.22. The Kier molecular flexibility index (Phi) is 11.5. The number of methoxy groups -OCH3 is 1. The first-order valence-electron chi connectivity index (χ1n) is 13.4. The summed E-state index contributed by atoms with van der Waals surface area (Å²) in [6, 6.07) is 15.5. The third-order valence-electron chi connectivity index (χ3n) is 6.59. The van der Waals surface area contributed by atoms with Crippen LogP contribution in [0, 0.1) is 6.92 Å². The molecule has 3 rings (SSSR count). The van der Waals surface area contributed by atoms with Crippen LogP contribution < -0.4 is 0 Å². The van der Waals surface area contributed by atoms with Gasteiger partial charge in [-0.2, -0.15) is 0 Å². The van der Waals surface area contributed by atoms with E-state index in [2.05, 4.69) is 0 Å². The minimum Gasteiger partial charge on any atom is -0.451 e. The summed E-state index contributed by atoms with van der Waals surface area (Å²) < 4.78 is 15.8. The van der Waals surface area contributed by atoms with Gasteiger partial charge in [-0.3, -0.25) is 19.2 Å². The molecule has 10 nitrogen and oxygen atoms in total. The Morgan fingerprint density at radius 1 is 1.07 bits per heavy atom. The minimum atomic E-state index is -1.78. The van der Waals surface area contributed by atoms with Gasteiger partial charge >= 0.3 is 12.1 Å². The summed E-state index contributed by atoms with van der Waals surface area (Å²) in [5, 5.41) is 9.11. The maximum absolute atomic E-state index is 13.7. The molecule has 2 aromatic rings. The topological polar surface area (TPSA) is 137 Å². The number of carbonyl (C=O) groups excluding carboxylic acids is 5. The molecule has 218 valence electrons. The Labute approximate surface area is 238 Å². The lowest BCUT2D eigenvalue weighted by atomic mass is 9.94. The summed E-state index contributed by atoms with van der Waals surface area (Å²) in [6.45, 7) is 2.78. The molecule has 1 aliphatic heterocycles. The zero-order valence-corrected chi connectivity index (χ0v) is 23.4. The average Bonchev–Trinajstić information content (AvgIpc) is 3.31. The molecule has 2 aromatic carbocycles. The lowest BCUT2D eigenvalue weighted by Gasteiger charge is -2.28. The largest absolute Gasteiger partial charge is 0.451 e. The fourth-order valence-corrected chi connectivity index (χ4v) is 4.60. The van der Waals surface area contributed by atoms with Gasteiger partial charge in [-0.15, -0.1) is 0 Å². The van der Waals surface area contributed by atoms with Gasteiger partial charge in [0, 0.05) is 32.6 Å². The zero-order valence-electron chi connectivity index (χ0n) is 23.4. The van der Waals surface area contributed by atoms with Crippen molar-refractivity contribution in [3.63, 3.8) is 0 Å². The van der Waals surface area contributed by atoms with Crippen molar-refractivity contribution in [2.75, 3.05) is 20.3 Å². The number of imide groups is 1. The maximum Gasteiger partial charge on any atom is 0.417 e. The Bertz CT molecular complexity index is 1290. The van der Waals surface area contributed by atoms with Crippen LogP contribution in [0.5, 0.6) is 0 Å². The van der Waals surface area contributed by atoms with Crippen LogP contribution >= 0.6 is 0 Å². The van der Waals surface area contributed by atoms with E-state index in [1.807, 2.05) is 43.3 Å². The highest BCUT2D eigenvalue weighted by Crippen LogP contribution is 2.24. The van der Waals surface area contributed by atoms with Gasteiger partial charge in [0.25, 0.3) is 5.91 Å². The van der Waals surface area contributed by atoms with E-state index in [9.17, 15) is 24.0 Å². The van der Waals surface area contributed by atoms with Gasteiger partial charge < -0.3 is 19.3 Å². The van der Waals surface area contributed by atoms with Crippen molar-refractivity contribution in [1.29, 1.82) is 0 Å². The molecule has 41 heavy (non-hydrogen) atoms. The maximum atomic E-state index is 13.7. The molecule has 1 N–H and O–H groups in total. The van der Waals surface area contributed by atoms with Crippen molar-refractivity contribution in [2.24, 2.45) is 0 Å². The summed E-state index contributed by atoms with van der Waals surface area (Å²) in [6.07, 6.45) is -2.13. The van der Waals surface area contributed by atoms with Gasteiger partial charge in [-0.1, -0.05) is 60.2 Å². The number of amides is 2. The molecule has 2 amide bonds. The molecule has 0 aliphatic carbocycles. The van der Waals surface area contributed by atoms with Crippen LogP contribution in [-0.2, 0) is 39.8 Å².